The first-order valence-corrected chi connectivity index (χ1v) is 7.90. The Labute approximate surface area is 131 Å². The van der Waals surface area contributed by atoms with E-state index in [1.165, 1.54) is 12.6 Å². The summed E-state index contributed by atoms with van der Waals surface area (Å²) in [6.07, 6.45) is 5.52. The monoisotopic (exact) mass is 304 g/mol. The van der Waals surface area contributed by atoms with Crippen LogP contribution in [0.3, 0.4) is 0 Å². The second kappa shape index (κ2) is 7.38. The first kappa shape index (κ1) is 16.5. The van der Waals surface area contributed by atoms with Crippen molar-refractivity contribution in [1.82, 2.24) is 10.3 Å². The molecule has 2 rings (SSSR count). The highest BCUT2D eigenvalue weighted by molar-refractivity contribution is 5.91. The lowest BCUT2D eigenvalue weighted by Crippen LogP contribution is -2.47. The lowest BCUT2D eigenvalue weighted by Gasteiger charge is -2.35. The molecule has 1 aromatic heterocycles. The summed E-state index contributed by atoms with van der Waals surface area (Å²) in [6, 6.07) is 3.44. The van der Waals surface area contributed by atoms with E-state index in [0.717, 1.165) is 12.8 Å². The van der Waals surface area contributed by atoms with Gasteiger partial charge in [-0.2, -0.15) is 0 Å². The van der Waals surface area contributed by atoms with E-state index in [0.29, 0.717) is 17.4 Å². The number of carbonyl (C=O) groups excluding carboxylic acids is 2. The van der Waals surface area contributed by atoms with Crippen molar-refractivity contribution in [2.75, 3.05) is 0 Å². The second-order valence-corrected chi connectivity index (χ2v) is 6.17. The summed E-state index contributed by atoms with van der Waals surface area (Å²) in [7, 11) is 0. The third-order valence-electron chi connectivity index (χ3n) is 4.58. The molecule has 0 radical (unpaired) electrons. The fraction of sp³-hybridized carbons (Fsp3) is 0.588. The molecule has 5 nitrogen and oxygen atoms in total. The van der Waals surface area contributed by atoms with Crippen LogP contribution in [-0.2, 0) is 9.53 Å². The zero-order valence-electron chi connectivity index (χ0n) is 13.4. The van der Waals surface area contributed by atoms with Gasteiger partial charge in [0.05, 0.1) is 5.56 Å². The predicted molar refractivity (Wildman–Crippen MR) is 83.2 cm³/mol. The molecule has 0 bridgehead atoms. The van der Waals surface area contributed by atoms with Crippen LogP contribution in [0.2, 0.25) is 0 Å². The first-order valence-electron chi connectivity index (χ1n) is 7.90. The summed E-state index contributed by atoms with van der Waals surface area (Å²) in [5.41, 5.74) is 0.349. The average molecular weight is 304 g/mol. The molecule has 0 saturated heterocycles. The van der Waals surface area contributed by atoms with E-state index >= 15 is 0 Å². The molecule has 1 aromatic rings. The zero-order valence-corrected chi connectivity index (χ0v) is 13.4. The second-order valence-electron chi connectivity index (χ2n) is 6.17. The fourth-order valence-corrected chi connectivity index (χ4v) is 2.85. The maximum Gasteiger partial charge on any atom is 0.340 e. The molecule has 1 fully saturated rings. The normalized spacial score (nSPS) is 26.0. The van der Waals surface area contributed by atoms with Crippen LogP contribution in [0.1, 0.15) is 50.4 Å². The summed E-state index contributed by atoms with van der Waals surface area (Å²) in [6.45, 7) is 5.98. The van der Waals surface area contributed by atoms with Crippen molar-refractivity contribution in [1.29, 1.82) is 0 Å². The Hall–Kier alpha value is -1.91. The molecule has 1 heterocycles. The molecule has 0 spiro atoms. The molecule has 22 heavy (non-hydrogen) atoms. The number of nitrogens with one attached hydrogen (secondary N) is 1. The summed E-state index contributed by atoms with van der Waals surface area (Å²) in [5, 5.41) is 3.02. The molecule has 4 atom stereocenters. The molecule has 1 aliphatic carbocycles. The van der Waals surface area contributed by atoms with E-state index in [1.54, 1.807) is 25.3 Å². The largest absolute Gasteiger partial charge is 0.449 e. The highest BCUT2D eigenvalue weighted by Crippen LogP contribution is 2.29. The number of amides is 1. The summed E-state index contributed by atoms with van der Waals surface area (Å²) < 4.78 is 5.21. The van der Waals surface area contributed by atoms with Crippen LogP contribution in [0.5, 0.6) is 0 Å². The first-order chi connectivity index (χ1) is 10.5. The molecule has 1 N–H and O–H groups in total. The van der Waals surface area contributed by atoms with E-state index in [2.05, 4.69) is 24.1 Å². The van der Waals surface area contributed by atoms with E-state index in [-0.39, 0.29) is 11.9 Å². The van der Waals surface area contributed by atoms with E-state index < -0.39 is 12.1 Å². The smallest absolute Gasteiger partial charge is 0.340 e. The van der Waals surface area contributed by atoms with Crippen LogP contribution < -0.4 is 5.32 Å². The Bertz CT molecular complexity index is 518. The highest BCUT2D eigenvalue weighted by Gasteiger charge is 2.30. The number of carbonyl (C=O) groups is 2. The molecule has 1 aliphatic rings. The molecular formula is C17H24N2O3. The Kier molecular flexibility index (Phi) is 5.52. The lowest BCUT2D eigenvalue weighted by molar-refractivity contribution is -0.130. The minimum absolute atomic E-state index is 0.163. The van der Waals surface area contributed by atoms with Gasteiger partial charge in [-0.3, -0.25) is 9.78 Å². The van der Waals surface area contributed by atoms with Crippen LogP contribution in [0.25, 0.3) is 0 Å². The number of rotatable bonds is 4. The maximum absolute atomic E-state index is 12.2. The van der Waals surface area contributed by atoms with E-state index in [9.17, 15) is 9.59 Å². The zero-order chi connectivity index (χ0) is 16.1. The van der Waals surface area contributed by atoms with Crippen LogP contribution in [0.4, 0.5) is 0 Å². The van der Waals surface area contributed by atoms with Gasteiger partial charge in [-0.15, -0.1) is 0 Å². The standard InChI is InChI=1S/C17H24N2O3/c1-11-6-4-8-15(12(11)2)19-16(20)13(3)22-17(21)14-7-5-9-18-10-14/h5,7,9-13,15H,4,6,8H2,1-3H3,(H,19,20)/t11-,12+,13+,15-/m0/s1. The molecule has 5 heteroatoms. The van der Waals surface area contributed by atoms with E-state index in [4.69, 9.17) is 4.74 Å². The number of hydrogen-bond acceptors (Lipinski definition) is 4. The third-order valence-corrected chi connectivity index (χ3v) is 4.58. The van der Waals surface area contributed by atoms with Gasteiger partial charge < -0.3 is 10.1 Å². The summed E-state index contributed by atoms with van der Waals surface area (Å²) >= 11 is 0. The number of nitrogens with zero attached hydrogens (tertiary/aromatic N) is 1. The van der Waals surface area contributed by atoms with Crippen molar-refractivity contribution < 1.29 is 14.3 Å². The third kappa shape index (κ3) is 4.06. The summed E-state index contributed by atoms with van der Waals surface area (Å²) in [5.74, 6) is 0.287. The van der Waals surface area contributed by atoms with Crippen LogP contribution in [0.15, 0.2) is 24.5 Å². The molecule has 1 saturated carbocycles. The topological polar surface area (TPSA) is 68.3 Å². The number of esters is 1. The van der Waals surface area contributed by atoms with Crippen molar-refractivity contribution in [2.45, 2.75) is 52.2 Å². The lowest BCUT2D eigenvalue weighted by atomic mass is 9.78. The minimum atomic E-state index is -0.808. The van der Waals surface area contributed by atoms with Gasteiger partial charge in [0.25, 0.3) is 5.91 Å². The van der Waals surface area contributed by atoms with Crippen LogP contribution in [0, 0.1) is 11.8 Å². The molecule has 0 aliphatic heterocycles. The average Bonchev–Trinajstić information content (AvgIpc) is 2.52. The van der Waals surface area contributed by atoms with Crippen molar-refractivity contribution in [3.8, 4) is 0 Å². The van der Waals surface area contributed by atoms with Crippen molar-refractivity contribution in [3.05, 3.63) is 30.1 Å². The number of pyridine rings is 1. The number of aromatic nitrogens is 1. The van der Waals surface area contributed by atoms with Crippen molar-refractivity contribution in [3.63, 3.8) is 0 Å². The van der Waals surface area contributed by atoms with Crippen molar-refractivity contribution >= 4 is 11.9 Å². The van der Waals surface area contributed by atoms with Crippen molar-refractivity contribution in [2.24, 2.45) is 11.8 Å². The quantitative estimate of drug-likeness (QED) is 0.868. The minimum Gasteiger partial charge on any atom is -0.449 e. The SMILES string of the molecule is C[C@H]1[C@@H](NC(=O)[C@@H](C)OC(=O)c2cccnc2)CCC[C@@H]1C. The maximum atomic E-state index is 12.2. The Morgan fingerprint density at radius 2 is 2.14 bits per heavy atom. The summed E-state index contributed by atoms with van der Waals surface area (Å²) in [4.78, 5) is 28.0. The van der Waals surface area contributed by atoms with E-state index in [1.807, 2.05) is 0 Å². The number of hydrogen-bond donors (Lipinski definition) is 1. The molecular weight excluding hydrogens is 280 g/mol. The van der Waals surface area contributed by atoms with Gasteiger partial charge in [-0.1, -0.05) is 26.7 Å². The number of ether oxygens (including phenoxy) is 1. The van der Waals surface area contributed by atoms with Gasteiger partial charge in [-0.25, -0.2) is 4.79 Å². The van der Waals surface area contributed by atoms with Crippen LogP contribution in [-0.4, -0.2) is 29.0 Å². The molecule has 1 amide bonds. The fourth-order valence-electron chi connectivity index (χ4n) is 2.85. The molecule has 120 valence electrons. The van der Waals surface area contributed by atoms with Crippen LogP contribution >= 0.6 is 0 Å². The Morgan fingerprint density at radius 3 is 2.82 bits per heavy atom. The van der Waals surface area contributed by atoms with Gasteiger partial charge in [0.1, 0.15) is 0 Å². The Balaban J connectivity index is 1.88. The molecule has 0 unspecified atom stereocenters. The van der Waals surface area contributed by atoms with Gasteiger partial charge in [0.15, 0.2) is 6.10 Å². The van der Waals surface area contributed by atoms with Gasteiger partial charge in [0, 0.05) is 18.4 Å². The highest BCUT2D eigenvalue weighted by atomic mass is 16.5. The van der Waals surface area contributed by atoms with Gasteiger partial charge >= 0.3 is 5.97 Å². The van der Waals surface area contributed by atoms with Gasteiger partial charge in [0.2, 0.25) is 0 Å². The molecule has 0 aromatic carbocycles. The van der Waals surface area contributed by atoms with Gasteiger partial charge in [-0.05, 0) is 37.3 Å². The Morgan fingerprint density at radius 1 is 1.36 bits per heavy atom. The predicted octanol–water partition coefficient (Wildman–Crippen LogP) is 2.57.